The largest absolute Gasteiger partial charge is 0.493 e. The molecule has 0 spiro atoms. The molecule has 1 aromatic carbocycles. The van der Waals surface area contributed by atoms with E-state index in [1.165, 1.54) is 0 Å². The lowest BCUT2D eigenvalue weighted by Gasteiger charge is -2.14. The first kappa shape index (κ1) is 23.0. The maximum atomic E-state index is 5.41. The van der Waals surface area contributed by atoms with E-state index in [0.717, 1.165) is 43.1 Å². The van der Waals surface area contributed by atoms with Crippen molar-refractivity contribution < 1.29 is 14.2 Å². The highest BCUT2D eigenvalue weighted by atomic mass is 127. The van der Waals surface area contributed by atoms with E-state index in [-0.39, 0.29) is 24.0 Å². The number of benzene rings is 1. The maximum Gasteiger partial charge on any atom is 0.203 e. The van der Waals surface area contributed by atoms with Crippen molar-refractivity contribution in [1.29, 1.82) is 0 Å². The topological polar surface area (TPSA) is 94.8 Å². The molecule has 0 saturated heterocycles. The summed E-state index contributed by atoms with van der Waals surface area (Å²) in [6.45, 7) is 4.82. The second-order valence-electron chi connectivity index (χ2n) is 6.37. The molecule has 0 unspecified atom stereocenters. The lowest BCUT2D eigenvalue weighted by atomic mass is 10.2. The number of guanidine groups is 1. The second kappa shape index (κ2) is 11.1. The highest BCUT2D eigenvalue weighted by molar-refractivity contribution is 14.0. The van der Waals surface area contributed by atoms with Crippen LogP contribution in [0, 0.1) is 0 Å². The van der Waals surface area contributed by atoms with Gasteiger partial charge >= 0.3 is 0 Å². The van der Waals surface area contributed by atoms with Gasteiger partial charge in [0.25, 0.3) is 0 Å². The monoisotopic (exact) mass is 516 g/mol. The summed E-state index contributed by atoms with van der Waals surface area (Å²) in [4.78, 5) is 4.67. The molecule has 0 bridgehead atoms. The fourth-order valence-electron chi connectivity index (χ4n) is 3.24. The first-order chi connectivity index (χ1) is 13.7. The molecule has 0 aliphatic carbocycles. The number of nitrogens with one attached hydrogen (secondary N) is 2. The molecular weight excluding hydrogens is 487 g/mol. The molecule has 2 aromatic rings. The smallest absolute Gasteiger partial charge is 0.203 e. The summed E-state index contributed by atoms with van der Waals surface area (Å²) in [6.07, 6.45) is 2.13. The molecule has 3 rings (SSSR count). The first-order valence-corrected chi connectivity index (χ1v) is 9.42. The van der Waals surface area contributed by atoms with Crippen LogP contribution >= 0.6 is 24.0 Å². The van der Waals surface area contributed by atoms with Crippen LogP contribution in [0.3, 0.4) is 0 Å². The number of aromatic nitrogens is 3. The molecule has 1 aliphatic heterocycles. The molecule has 0 fully saturated rings. The van der Waals surface area contributed by atoms with Gasteiger partial charge in [0.2, 0.25) is 5.75 Å². The van der Waals surface area contributed by atoms with E-state index in [4.69, 9.17) is 14.2 Å². The van der Waals surface area contributed by atoms with Crippen molar-refractivity contribution in [2.75, 3.05) is 27.9 Å². The van der Waals surface area contributed by atoms with E-state index in [0.29, 0.717) is 36.3 Å². The van der Waals surface area contributed by atoms with Crippen LogP contribution in [0.15, 0.2) is 17.1 Å². The van der Waals surface area contributed by atoms with Gasteiger partial charge in [0.15, 0.2) is 23.3 Å². The second-order valence-corrected chi connectivity index (χ2v) is 6.37. The van der Waals surface area contributed by atoms with Gasteiger partial charge in [-0.1, -0.05) is 0 Å². The summed E-state index contributed by atoms with van der Waals surface area (Å²) in [5.74, 6) is 4.52. The van der Waals surface area contributed by atoms with E-state index in [2.05, 4.69) is 30.4 Å². The van der Waals surface area contributed by atoms with Crippen LogP contribution in [0.5, 0.6) is 17.2 Å². The van der Waals surface area contributed by atoms with E-state index in [1.807, 2.05) is 19.1 Å². The van der Waals surface area contributed by atoms with Crippen LogP contribution in [0.2, 0.25) is 0 Å². The Morgan fingerprint density at radius 2 is 1.83 bits per heavy atom. The summed E-state index contributed by atoms with van der Waals surface area (Å²) >= 11 is 0. The molecule has 1 aliphatic rings. The molecule has 29 heavy (non-hydrogen) atoms. The van der Waals surface area contributed by atoms with Gasteiger partial charge in [-0.05, 0) is 31.0 Å². The number of fused-ring (bicyclic) bond motifs is 1. The third-order valence-corrected chi connectivity index (χ3v) is 4.59. The minimum absolute atomic E-state index is 0. The number of aliphatic imine (C=N–C) groups is 1. The Morgan fingerprint density at radius 1 is 1.10 bits per heavy atom. The number of rotatable bonds is 8. The van der Waals surface area contributed by atoms with Crippen molar-refractivity contribution in [3.8, 4) is 17.2 Å². The van der Waals surface area contributed by atoms with Crippen molar-refractivity contribution in [2.24, 2.45) is 4.99 Å². The Morgan fingerprint density at radius 3 is 2.45 bits per heavy atom. The van der Waals surface area contributed by atoms with E-state index in [9.17, 15) is 0 Å². The number of hydrogen-bond donors (Lipinski definition) is 2. The van der Waals surface area contributed by atoms with Crippen LogP contribution in [0.25, 0.3) is 0 Å². The average molecular weight is 516 g/mol. The van der Waals surface area contributed by atoms with Gasteiger partial charge in [-0.2, -0.15) is 0 Å². The molecular formula is C19H29IN6O3. The van der Waals surface area contributed by atoms with Gasteiger partial charge in [-0.25, -0.2) is 4.99 Å². The van der Waals surface area contributed by atoms with E-state index < -0.39 is 0 Å². The Balaban J connectivity index is 0.00000300. The fraction of sp³-hybridized carbons (Fsp3) is 0.526. The highest BCUT2D eigenvalue weighted by Gasteiger charge is 2.17. The van der Waals surface area contributed by atoms with Crippen molar-refractivity contribution >= 4 is 29.9 Å². The first-order valence-electron chi connectivity index (χ1n) is 9.42. The molecule has 160 valence electrons. The molecule has 0 atom stereocenters. The van der Waals surface area contributed by atoms with Crippen LogP contribution in [0.4, 0.5) is 0 Å². The predicted octanol–water partition coefficient (Wildman–Crippen LogP) is 2.12. The average Bonchev–Trinajstić information content (AvgIpc) is 3.33. The van der Waals surface area contributed by atoms with E-state index >= 15 is 0 Å². The Kier molecular flexibility index (Phi) is 8.80. The standard InChI is InChI=1S/C19H28N6O3.HI/c1-5-20-19(22-12-17-24-23-16-7-6-8-25(16)17)21-11-13-9-14(26-2)18(28-4)15(10-13)27-3;/h9-10H,5-8,11-12H2,1-4H3,(H2,20,21,22);1H. The Bertz CT molecular complexity index is 814. The molecule has 9 nitrogen and oxygen atoms in total. The number of methoxy groups -OCH3 is 3. The molecule has 0 radical (unpaired) electrons. The van der Waals surface area contributed by atoms with Crippen LogP contribution in [-0.4, -0.2) is 48.6 Å². The van der Waals surface area contributed by atoms with Crippen molar-refractivity contribution in [3.63, 3.8) is 0 Å². The zero-order valence-corrected chi connectivity index (χ0v) is 19.6. The molecule has 2 heterocycles. The Labute approximate surface area is 188 Å². The quantitative estimate of drug-likeness (QED) is 0.316. The summed E-state index contributed by atoms with van der Waals surface area (Å²) in [7, 11) is 4.80. The summed E-state index contributed by atoms with van der Waals surface area (Å²) in [6, 6.07) is 3.81. The zero-order valence-electron chi connectivity index (χ0n) is 17.3. The van der Waals surface area contributed by atoms with Gasteiger partial charge in [0.1, 0.15) is 5.82 Å². The van der Waals surface area contributed by atoms with Gasteiger partial charge in [-0.3, -0.25) is 0 Å². The van der Waals surface area contributed by atoms with Crippen LogP contribution in [0.1, 0.15) is 30.6 Å². The minimum atomic E-state index is 0. The summed E-state index contributed by atoms with van der Waals surface area (Å²) in [5.41, 5.74) is 0.954. The van der Waals surface area contributed by atoms with Gasteiger partial charge in [-0.15, -0.1) is 34.2 Å². The molecule has 0 saturated carbocycles. The number of ether oxygens (including phenoxy) is 3. The number of halogens is 1. The third kappa shape index (κ3) is 5.43. The van der Waals surface area contributed by atoms with Crippen LogP contribution < -0.4 is 24.8 Å². The van der Waals surface area contributed by atoms with E-state index in [1.54, 1.807) is 21.3 Å². The SMILES string of the molecule is CCNC(=NCc1cc(OC)c(OC)c(OC)c1)NCc1nnc2n1CCC2.I. The number of nitrogens with zero attached hydrogens (tertiary/aromatic N) is 4. The van der Waals surface area contributed by atoms with Gasteiger partial charge in [0.05, 0.1) is 34.4 Å². The number of aryl methyl sites for hydroxylation is 1. The Hall–Kier alpha value is -2.24. The predicted molar refractivity (Wildman–Crippen MR) is 122 cm³/mol. The summed E-state index contributed by atoms with van der Waals surface area (Å²) in [5, 5.41) is 15.1. The maximum absolute atomic E-state index is 5.41. The number of hydrogen-bond acceptors (Lipinski definition) is 6. The highest BCUT2D eigenvalue weighted by Crippen LogP contribution is 2.38. The molecule has 1 aromatic heterocycles. The van der Waals surface area contributed by atoms with Crippen molar-refractivity contribution in [3.05, 3.63) is 29.3 Å². The van der Waals surface area contributed by atoms with Gasteiger partial charge in [0, 0.05) is 19.5 Å². The third-order valence-electron chi connectivity index (χ3n) is 4.59. The zero-order chi connectivity index (χ0) is 19.9. The minimum Gasteiger partial charge on any atom is -0.493 e. The molecule has 2 N–H and O–H groups in total. The lowest BCUT2D eigenvalue weighted by Crippen LogP contribution is -2.37. The normalized spacial score (nSPS) is 12.8. The van der Waals surface area contributed by atoms with Crippen molar-refractivity contribution in [1.82, 2.24) is 25.4 Å². The van der Waals surface area contributed by atoms with Crippen LogP contribution in [-0.2, 0) is 26.1 Å². The van der Waals surface area contributed by atoms with Crippen molar-refractivity contribution in [2.45, 2.75) is 39.4 Å². The molecule has 10 heteroatoms. The van der Waals surface area contributed by atoms with Gasteiger partial charge < -0.3 is 29.4 Å². The molecule has 0 amide bonds. The fourth-order valence-corrected chi connectivity index (χ4v) is 3.24. The summed E-state index contributed by atoms with van der Waals surface area (Å²) < 4.78 is 18.4. The lowest BCUT2D eigenvalue weighted by molar-refractivity contribution is 0.324.